The molecule has 0 bridgehead atoms. The topological polar surface area (TPSA) is 44.8 Å². The first-order valence-corrected chi connectivity index (χ1v) is 9.24. The van der Waals surface area contributed by atoms with E-state index in [-0.39, 0.29) is 23.9 Å². The summed E-state index contributed by atoms with van der Waals surface area (Å²) in [5.41, 5.74) is 3.17. The van der Waals surface area contributed by atoms with Gasteiger partial charge in [-0.3, -0.25) is 4.79 Å². The molecule has 0 N–H and O–H groups in total. The van der Waals surface area contributed by atoms with Crippen LogP contribution in [0.5, 0.6) is 0 Å². The van der Waals surface area contributed by atoms with Crippen molar-refractivity contribution in [2.24, 2.45) is 11.8 Å². The molecule has 1 saturated carbocycles. The van der Waals surface area contributed by atoms with Crippen molar-refractivity contribution in [2.75, 3.05) is 13.2 Å². The van der Waals surface area contributed by atoms with E-state index < -0.39 is 0 Å². The lowest BCUT2D eigenvalue weighted by molar-refractivity contribution is -0.157. The Bertz CT molecular complexity index is 741. The first kappa shape index (κ1) is 19.3. The molecule has 142 valence electrons. The molecule has 2 aromatic carbocycles. The van der Waals surface area contributed by atoms with E-state index in [0.717, 1.165) is 16.7 Å². The van der Waals surface area contributed by atoms with Crippen molar-refractivity contribution >= 4 is 5.97 Å². The third kappa shape index (κ3) is 5.28. The maximum Gasteiger partial charge on any atom is 0.303 e. The van der Waals surface area contributed by atoms with Gasteiger partial charge in [-0.1, -0.05) is 67.2 Å². The summed E-state index contributed by atoms with van der Waals surface area (Å²) >= 11 is 0. The largest absolute Gasteiger partial charge is 0.458 e. The molecule has 1 aliphatic rings. The van der Waals surface area contributed by atoms with Crippen LogP contribution in [-0.2, 0) is 32.2 Å². The monoisotopic (exact) mass is 366 g/mol. The first-order chi connectivity index (χ1) is 13.1. The average molecular weight is 366 g/mol. The van der Waals surface area contributed by atoms with Crippen LogP contribution in [0.15, 0.2) is 72.8 Å². The summed E-state index contributed by atoms with van der Waals surface area (Å²) in [7, 11) is 0. The molecule has 0 heterocycles. The second kappa shape index (κ2) is 9.49. The van der Waals surface area contributed by atoms with Crippen molar-refractivity contribution in [3.63, 3.8) is 0 Å². The smallest absolute Gasteiger partial charge is 0.303 e. The number of carbonyl (C=O) groups is 1. The molecule has 0 aliphatic heterocycles. The minimum atomic E-state index is -0.294. The molecular formula is C23H26O4. The average Bonchev–Trinajstić information content (AvgIpc) is 2.69. The van der Waals surface area contributed by atoms with Gasteiger partial charge in [-0.15, -0.1) is 0 Å². The summed E-state index contributed by atoms with van der Waals surface area (Å²) in [6.07, 6.45) is -0.288. The fourth-order valence-corrected chi connectivity index (χ4v) is 3.39. The Morgan fingerprint density at radius 3 is 1.93 bits per heavy atom. The van der Waals surface area contributed by atoms with Crippen LogP contribution >= 0.6 is 0 Å². The van der Waals surface area contributed by atoms with Gasteiger partial charge in [-0.05, 0) is 16.7 Å². The number of hydrogen-bond acceptors (Lipinski definition) is 4. The summed E-state index contributed by atoms with van der Waals surface area (Å²) in [4.78, 5) is 11.4. The van der Waals surface area contributed by atoms with Crippen LogP contribution < -0.4 is 0 Å². The van der Waals surface area contributed by atoms with Gasteiger partial charge in [0.1, 0.15) is 6.10 Å². The highest BCUT2D eigenvalue weighted by atomic mass is 16.5. The van der Waals surface area contributed by atoms with Gasteiger partial charge in [0.15, 0.2) is 0 Å². The van der Waals surface area contributed by atoms with Gasteiger partial charge in [0.25, 0.3) is 0 Å². The Kier molecular flexibility index (Phi) is 6.80. The second-order valence-electron chi connectivity index (χ2n) is 6.88. The molecule has 3 rings (SSSR count). The Balaban J connectivity index is 1.52. The van der Waals surface area contributed by atoms with E-state index in [4.69, 9.17) is 14.2 Å². The van der Waals surface area contributed by atoms with Crippen molar-refractivity contribution in [3.05, 3.63) is 83.9 Å². The van der Waals surface area contributed by atoms with E-state index in [1.165, 1.54) is 6.92 Å². The quantitative estimate of drug-likeness (QED) is 0.494. The summed E-state index contributed by atoms with van der Waals surface area (Å²) in [5, 5.41) is 0. The Labute approximate surface area is 160 Å². The number of esters is 1. The van der Waals surface area contributed by atoms with Crippen LogP contribution in [0, 0.1) is 11.8 Å². The molecule has 0 amide bonds. The van der Waals surface area contributed by atoms with Gasteiger partial charge in [0.05, 0.1) is 26.4 Å². The van der Waals surface area contributed by atoms with E-state index in [0.29, 0.717) is 26.4 Å². The lowest BCUT2D eigenvalue weighted by atomic mass is 9.68. The first-order valence-electron chi connectivity index (χ1n) is 9.24. The maximum atomic E-state index is 11.4. The van der Waals surface area contributed by atoms with Crippen molar-refractivity contribution in [3.8, 4) is 0 Å². The molecule has 0 unspecified atom stereocenters. The molecule has 4 nitrogen and oxygen atoms in total. The molecule has 27 heavy (non-hydrogen) atoms. The van der Waals surface area contributed by atoms with Gasteiger partial charge >= 0.3 is 5.97 Å². The molecule has 1 aliphatic carbocycles. The minimum Gasteiger partial charge on any atom is -0.458 e. The molecule has 1 fully saturated rings. The Hall–Kier alpha value is -2.43. The van der Waals surface area contributed by atoms with Crippen molar-refractivity contribution in [2.45, 2.75) is 26.2 Å². The number of rotatable bonds is 9. The van der Waals surface area contributed by atoms with Gasteiger partial charge < -0.3 is 14.2 Å². The Morgan fingerprint density at radius 2 is 1.41 bits per heavy atom. The van der Waals surface area contributed by atoms with E-state index >= 15 is 0 Å². The number of benzene rings is 2. The predicted octanol–water partition coefficient (Wildman–Crippen LogP) is 4.15. The number of carbonyl (C=O) groups excluding carboxylic acids is 1. The van der Waals surface area contributed by atoms with Crippen LogP contribution in [0.25, 0.3) is 0 Å². The second-order valence-corrected chi connectivity index (χ2v) is 6.88. The maximum absolute atomic E-state index is 11.4. The van der Waals surface area contributed by atoms with Crippen molar-refractivity contribution in [1.29, 1.82) is 0 Å². The van der Waals surface area contributed by atoms with Crippen LogP contribution in [0.2, 0.25) is 0 Å². The van der Waals surface area contributed by atoms with E-state index in [1.54, 1.807) is 0 Å². The molecule has 2 aromatic rings. The number of hydrogen-bond donors (Lipinski definition) is 0. The van der Waals surface area contributed by atoms with Gasteiger partial charge in [-0.25, -0.2) is 0 Å². The highest BCUT2D eigenvalue weighted by Crippen LogP contribution is 2.42. The highest BCUT2D eigenvalue weighted by molar-refractivity contribution is 5.66. The zero-order chi connectivity index (χ0) is 19.1. The lowest BCUT2D eigenvalue weighted by Crippen LogP contribution is -2.50. The third-order valence-corrected chi connectivity index (χ3v) is 4.87. The fraction of sp³-hybridized carbons (Fsp3) is 0.348. The summed E-state index contributed by atoms with van der Waals surface area (Å²) in [5.74, 6) is -0.0902. The van der Waals surface area contributed by atoms with Gasteiger partial charge in [0.2, 0.25) is 0 Å². The molecular weight excluding hydrogens is 340 g/mol. The van der Waals surface area contributed by atoms with E-state index in [9.17, 15) is 4.79 Å². The van der Waals surface area contributed by atoms with E-state index in [1.807, 2.05) is 60.7 Å². The van der Waals surface area contributed by atoms with Gasteiger partial charge in [0, 0.05) is 18.8 Å². The molecule has 3 atom stereocenters. The lowest BCUT2D eigenvalue weighted by Gasteiger charge is -2.45. The standard InChI is InChI=1S/C23H26O4/c1-17-21(15-25-13-19-9-5-3-6-10-19)22(23(17)27-18(2)24)16-26-14-20-11-7-4-8-12-20/h3-12,21-23H,1,13-16H2,2H3/t21-,22+,23-/m0/s1. The molecule has 0 aromatic heterocycles. The zero-order valence-corrected chi connectivity index (χ0v) is 15.7. The molecule has 0 saturated heterocycles. The summed E-state index contributed by atoms with van der Waals surface area (Å²) in [6.45, 7) is 7.67. The zero-order valence-electron chi connectivity index (χ0n) is 15.7. The van der Waals surface area contributed by atoms with E-state index in [2.05, 4.69) is 6.58 Å². The molecule has 0 radical (unpaired) electrons. The van der Waals surface area contributed by atoms with Crippen LogP contribution in [0.4, 0.5) is 0 Å². The summed E-state index contributed by atoms with van der Waals surface area (Å²) in [6, 6.07) is 20.1. The van der Waals surface area contributed by atoms with Gasteiger partial charge in [-0.2, -0.15) is 0 Å². The molecule has 4 heteroatoms. The fourth-order valence-electron chi connectivity index (χ4n) is 3.39. The minimum absolute atomic E-state index is 0.0703. The van der Waals surface area contributed by atoms with Crippen molar-refractivity contribution in [1.82, 2.24) is 0 Å². The summed E-state index contributed by atoms with van der Waals surface area (Å²) < 4.78 is 17.2. The Morgan fingerprint density at radius 1 is 0.889 bits per heavy atom. The predicted molar refractivity (Wildman–Crippen MR) is 104 cm³/mol. The number of ether oxygens (including phenoxy) is 3. The van der Waals surface area contributed by atoms with Crippen LogP contribution in [0.1, 0.15) is 18.1 Å². The van der Waals surface area contributed by atoms with Crippen LogP contribution in [0.3, 0.4) is 0 Å². The SMILES string of the molecule is C=C1[C@H](COCc2ccccc2)[C@@H](COCc2ccccc2)[C@H]1OC(C)=O. The third-order valence-electron chi connectivity index (χ3n) is 4.87. The normalized spacial score (nSPS) is 21.5. The van der Waals surface area contributed by atoms with Crippen LogP contribution in [-0.4, -0.2) is 25.3 Å². The highest BCUT2D eigenvalue weighted by Gasteiger charge is 2.47. The van der Waals surface area contributed by atoms with Crippen molar-refractivity contribution < 1.29 is 19.0 Å². The molecule has 0 spiro atoms.